The summed E-state index contributed by atoms with van der Waals surface area (Å²) in [5.74, 6) is 0.795. The maximum atomic E-state index is 12.3. The van der Waals surface area contributed by atoms with Gasteiger partial charge < -0.3 is 13.9 Å². The minimum atomic E-state index is -0.530. The first-order valence-electron chi connectivity index (χ1n) is 9.24. The van der Waals surface area contributed by atoms with Crippen LogP contribution in [0, 0.1) is 0 Å². The van der Waals surface area contributed by atoms with Gasteiger partial charge in [0.05, 0.1) is 20.3 Å². The van der Waals surface area contributed by atoms with Crippen LogP contribution in [0.5, 0.6) is 11.5 Å². The van der Waals surface area contributed by atoms with E-state index in [0.29, 0.717) is 36.0 Å². The number of ether oxygens (including phenoxy) is 2. The Morgan fingerprint density at radius 3 is 2.36 bits per heavy atom. The van der Waals surface area contributed by atoms with Crippen LogP contribution < -0.4 is 20.3 Å². The maximum absolute atomic E-state index is 12.3. The summed E-state index contributed by atoms with van der Waals surface area (Å²) >= 11 is 0. The van der Waals surface area contributed by atoms with Crippen LogP contribution in [0.2, 0.25) is 0 Å². The lowest BCUT2D eigenvalue weighted by Gasteiger charge is -2.15. The Kier molecular flexibility index (Phi) is 7.88. The summed E-state index contributed by atoms with van der Waals surface area (Å²) in [7, 11) is 1.52. The van der Waals surface area contributed by atoms with Gasteiger partial charge in [0.2, 0.25) is 0 Å². The molecule has 2 N–H and O–H groups in total. The average Bonchev–Trinajstić information content (AvgIpc) is 3.18. The number of nitrogens with zero attached hydrogens (tertiary/aromatic N) is 1. The second kappa shape index (κ2) is 10.4. The lowest BCUT2D eigenvalue weighted by molar-refractivity contribution is 0.0828. The number of amides is 2. The molecular formula is C20H27N3O5. The van der Waals surface area contributed by atoms with E-state index in [9.17, 15) is 9.59 Å². The van der Waals surface area contributed by atoms with E-state index in [2.05, 4.69) is 29.6 Å². The summed E-state index contributed by atoms with van der Waals surface area (Å²) in [6, 6.07) is 8.11. The maximum Gasteiger partial charge on any atom is 0.305 e. The zero-order chi connectivity index (χ0) is 20.5. The molecule has 0 aliphatic carbocycles. The fourth-order valence-corrected chi connectivity index (χ4v) is 2.59. The van der Waals surface area contributed by atoms with Crippen LogP contribution in [0.1, 0.15) is 47.4 Å². The fraction of sp³-hybridized carbons (Fsp3) is 0.400. The number of carbonyl (C=O) groups is 2. The molecule has 8 nitrogen and oxygen atoms in total. The Labute approximate surface area is 164 Å². The van der Waals surface area contributed by atoms with Gasteiger partial charge in [0.15, 0.2) is 17.3 Å². The van der Waals surface area contributed by atoms with Gasteiger partial charge in [-0.3, -0.25) is 25.3 Å². The Hall–Kier alpha value is -3.00. The fourth-order valence-electron chi connectivity index (χ4n) is 2.59. The molecule has 0 aliphatic heterocycles. The number of hydrogen-bond acceptors (Lipinski definition) is 6. The third-order valence-corrected chi connectivity index (χ3v) is 4.17. The highest BCUT2D eigenvalue weighted by atomic mass is 16.5. The highest BCUT2D eigenvalue weighted by molar-refractivity contribution is 5.98. The summed E-state index contributed by atoms with van der Waals surface area (Å²) < 4.78 is 16.2. The molecule has 2 amide bonds. The molecule has 0 radical (unpaired) electrons. The molecule has 152 valence electrons. The van der Waals surface area contributed by atoms with Crippen molar-refractivity contribution in [3.8, 4) is 11.5 Å². The molecular weight excluding hydrogens is 362 g/mol. The first-order chi connectivity index (χ1) is 13.5. The quantitative estimate of drug-likeness (QED) is 0.641. The molecule has 0 fully saturated rings. The first kappa shape index (κ1) is 21.3. The molecule has 8 heteroatoms. The van der Waals surface area contributed by atoms with Gasteiger partial charge in [0, 0.05) is 5.56 Å². The largest absolute Gasteiger partial charge is 0.493 e. The molecule has 0 saturated carbocycles. The van der Waals surface area contributed by atoms with Crippen molar-refractivity contribution >= 4 is 11.8 Å². The molecule has 1 heterocycles. The van der Waals surface area contributed by atoms with Gasteiger partial charge in [0.25, 0.3) is 5.91 Å². The van der Waals surface area contributed by atoms with E-state index in [0.717, 1.165) is 13.1 Å². The Morgan fingerprint density at radius 1 is 1.00 bits per heavy atom. The number of methoxy groups -OCH3 is 1. The van der Waals surface area contributed by atoms with E-state index in [1.807, 2.05) is 6.92 Å². The zero-order valence-electron chi connectivity index (χ0n) is 16.7. The van der Waals surface area contributed by atoms with Crippen molar-refractivity contribution in [1.82, 2.24) is 15.8 Å². The van der Waals surface area contributed by atoms with Gasteiger partial charge in [-0.05, 0) is 50.3 Å². The third-order valence-electron chi connectivity index (χ3n) is 4.17. The van der Waals surface area contributed by atoms with Gasteiger partial charge in [0.1, 0.15) is 5.76 Å². The summed E-state index contributed by atoms with van der Waals surface area (Å²) in [4.78, 5) is 26.7. The molecule has 0 spiro atoms. The molecule has 2 rings (SSSR count). The average molecular weight is 389 g/mol. The number of furan rings is 1. The van der Waals surface area contributed by atoms with Gasteiger partial charge in [-0.2, -0.15) is 0 Å². The van der Waals surface area contributed by atoms with Crippen LogP contribution in [-0.2, 0) is 6.54 Å². The van der Waals surface area contributed by atoms with Crippen LogP contribution in [0.3, 0.4) is 0 Å². The molecule has 0 bridgehead atoms. The number of hydrogen-bond donors (Lipinski definition) is 2. The number of hydrazine groups is 1. The SMILES string of the molecule is CCOc1cc(C(=O)NNC(=O)c2ccc(CN(CC)CC)o2)ccc1OC. The van der Waals surface area contributed by atoms with E-state index in [-0.39, 0.29) is 5.76 Å². The van der Waals surface area contributed by atoms with Crippen LogP contribution in [0.15, 0.2) is 34.7 Å². The van der Waals surface area contributed by atoms with E-state index < -0.39 is 11.8 Å². The molecule has 0 unspecified atom stereocenters. The number of benzene rings is 1. The normalized spacial score (nSPS) is 10.6. The monoisotopic (exact) mass is 389 g/mol. The van der Waals surface area contributed by atoms with E-state index >= 15 is 0 Å². The Balaban J connectivity index is 1.96. The van der Waals surface area contributed by atoms with Gasteiger partial charge in [-0.15, -0.1) is 0 Å². The number of nitrogens with one attached hydrogen (secondary N) is 2. The van der Waals surface area contributed by atoms with Crippen molar-refractivity contribution in [3.63, 3.8) is 0 Å². The third kappa shape index (κ3) is 5.50. The van der Waals surface area contributed by atoms with Crippen LogP contribution >= 0.6 is 0 Å². The van der Waals surface area contributed by atoms with Gasteiger partial charge in [-0.25, -0.2) is 0 Å². The second-order valence-corrected chi connectivity index (χ2v) is 5.93. The molecule has 0 atom stereocenters. The minimum Gasteiger partial charge on any atom is -0.493 e. The first-order valence-corrected chi connectivity index (χ1v) is 9.24. The van der Waals surface area contributed by atoms with Crippen molar-refractivity contribution in [2.75, 3.05) is 26.8 Å². The standard InChI is InChI=1S/C20H27N3O5/c1-5-23(6-2)13-15-9-11-17(28-15)20(25)22-21-19(24)14-8-10-16(26-4)18(12-14)27-7-3/h8-12H,5-7,13H2,1-4H3,(H,21,24)(H,22,25). The number of rotatable bonds is 9. The smallest absolute Gasteiger partial charge is 0.305 e. The second-order valence-electron chi connectivity index (χ2n) is 5.93. The van der Waals surface area contributed by atoms with Crippen LogP contribution in [0.4, 0.5) is 0 Å². The van der Waals surface area contributed by atoms with Crippen molar-refractivity contribution in [2.45, 2.75) is 27.3 Å². The lowest BCUT2D eigenvalue weighted by Crippen LogP contribution is -2.41. The molecule has 1 aromatic heterocycles. The lowest BCUT2D eigenvalue weighted by atomic mass is 10.2. The Morgan fingerprint density at radius 2 is 1.71 bits per heavy atom. The summed E-state index contributed by atoms with van der Waals surface area (Å²) in [6.45, 7) is 8.80. The summed E-state index contributed by atoms with van der Waals surface area (Å²) in [6.07, 6.45) is 0. The van der Waals surface area contributed by atoms with E-state index in [1.165, 1.54) is 7.11 Å². The Bertz CT molecular complexity index is 799. The predicted molar refractivity (Wildman–Crippen MR) is 104 cm³/mol. The van der Waals surface area contributed by atoms with Crippen molar-refractivity contribution in [1.29, 1.82) is 0 Å². The predicted octanol–water partition coefficient (Wildman–Crippen LogP) is 2.60. The van der Waals surface area contributed by atoms with Gasteiger partial charge >= 0.3 is 5.91 Å². The molecule has 0 aliphatic rings. The number of carbonyl (C=O) groups excluding carboxylic acids is 2. The molecule has 2 aromatic rings. The van der Waals surface area contributed by atoms with Crippen LogP contribution in [0.25, 0.3) is 0 Å². The van der Waals surface area contributed by atoms with Crippen molar-refractivity contribution in [2.24, 2.45) is 0 Å². The van der Waals surface area contributed by atoms with Crippen molar-refractivity contribution < 1.29 is 23.5 Å². The summed E-state index contributed by atoms with van der Waals surface area (Å²) in [5.41, 5.74) is 5.05. The van der Waals surface area contributed by atoms with E-state index in [4.69, 9.17) is 13.9 Å². The summed E-state index contributed by atoms with van der Waals surface area (Å²) in [5, 5.41) is 0. The van der Waals surface area contributed by atoms with E-state index in [1.54, 1.807) is 30.3 Å². The topological polar surface area (TPSA) is 93.0 Å². The minimum absolute atomic E-state index is 0.132. The zero-order valence-corrected chi connectivity index (χ0v) is 16.7. The van der Waals surface area contributed by atoms with Crippen molar-refractivity contribution in [3.05, 3.63) is 47.4 Å². The molecule has 1 aromatic carbocycles. The van der Waals surface area contributed by atoms with Gasteiger partial charge in [-0.1, -0.05) is 13.8 Å². The highest BCUT2D eigenvalue weighted by Gasteiger charge is 2.15. The molecule has 28 heavy (non-hydrogen) atoms. The van der Waals surface area contributed by atoms with Crippen LogP contribution in [-0.4, -0.2) is 43.5 Å². The molecule has 0 saturated heterocycles. The highest BCUT2D eigenvalue weighted by Crippen LogP contribution is 2.27.